The Morgan fingerprint density at radius 3 is 2.27 bits per heavy atom. The van der Waals surface area contributed by atoms with Crippen LogP contribution in [0.25, 0.3) is 11.5 Å². The fraction of sp³-hybridized carbons (Fsp3) is 0.344. The van der Waals surface area contributed by atoms with Crippen molar-refractivity contribution in [1.82, 2.24) is 19.6 Å². The zero-order chi connectivity index (χ0) is 31.9. The Hall–Kier alpha value is -3.64. The van der Waals surface area contributed by atoms with E-state index < -0.39 is 23.5 Å². The number of hydrogen-bond donors (Lipinski definition) is 0. The van der Waals surface area contributed by atoms with E-state index in [0.29, 0.717) is 22.7 Å². The maximum absolute atomic E-state index is 13.2. The molecule has 0 unspecified atom stereocenters. The van der Waals surface area contributed by atoms with Crippen molar-refractivity contribution in [1.29, 1.82) is 0 Å². The second-order valence-electron chi connectivity index (χ2n) is 10.1. The van der Waals surface area contributed by atoms with Gasteiger partial charge in [-0.05, 0) is 79.8 Å². The van der Waals surface area contributed by atoms with Crippen LogP contribution in [-0.4, -0.2) is 58.3 Å². The normalized spacial score (nSPS) is 11.6. The third kappa shape index (κ3) is 9.67. The zero-order valence-electron chi connectivity index (χ0n) is 25.1. The van der Waals surface area contributed by atoms with Gasteiger partial charge in [-0.2, -0.15) is 17.9 Å². The van der Waals surface area contributed by atoms with E-state index in [1.165, 1.54) is 24.3 Å². The maximum atomic E-state index is 13.2. The molecule has 1 aromatic heterocycles. The molecule has 0 fully saturated rings. The molecule has 0 N–H and O–H groups in total. The monoisotopic (exact) mass is 666 g/mol. The van der Waals surface area contributed by atoms with Crippen molar-refractivity contribution >= 4 is 30.0 Å². The summed E-state index contributed by atoms with van der Waals surface area (Å²) in [4.78, 5) is 30.4. The first-order valence-corrected chi connectivity index (χ1v) is 14.7. The molecule has 13 heteroatoms. The molecule has 0 radical (unpaired) electrons. The van der Waals surface area contributed by atoms with Crippen molar-refractivity contribution in [3.8, 4) is 17.2 Å². The Labute approximate surface area is 270 Å². The summed E-state index contributed by atoms with van der Waals surface area (Å²) in [5.41, 5.74) is 1.08. The van der Waals surface area contributed by atoms with Crippen molar-refractivity contribution in [2.75, 3.05) is 32.7 Å². The Bertz CT molecular complexity index is 1620. The van der Waals surface area contributed by atoms with Gasteiger partial charge in [0.1, 0.15) is 5.75 Å². The fourth-order valence-electron chi connectivity index (χ4n) is 4.64. The van der Waals surface area contributed by atoms with Gasteiger partial charge in [-0.25, -0.2) is 9.59 Å². The van der Waals surface area contributed by atoms with Gasteiger partial charge in [-0.15, -0.1) is 17.5 Å². The first-order valence-electron chi connectivity index (χ1n) is 14.3. The van der Waals surface area contributed by atoms with Crippen molar-refractivity contribution in [2.24, 2.45) is 0 Å². The average Bonchev–Trinajstić information content (AvgIpc) is 3.37. The van der Waals surface area contributed by atoms with Gasteiger partial charge in [-0.1, -0.05) is 44.5 Å². The molecule has 0 saturated carbocycles. The van der Waals surface area contributed by atoms with Gasteiger partial charge in [0, 0.05) is 35.8 Å². The van der Waals surface area contributed by atoms with E-state index in [1.54, 1.807) is 18.2 Å². The first-order chi connectivity index (χ1) is 21.0. The molecule has 8 nitrogen and oxygen atoms in total. The number of aromatic nitrogens is 2. The van der Waals surface area contributed by atoms with Crippen LogP contribution in [0.4, 0.5) is 13.2 Å². The Morgan fingerprint density at radius 2 is 1.62 bits per heavy atom. The van der Waals surface area contributed by atoms with E-state index in [2.05, 4.69) is 35.7 Å². The Kier molecular flexibility index (Phi) is 12.8. The van der Waals surface area contributed by atoms with Crippen LogP contribution in [0.3, 0.4) is 0 Å². The number of hydrogen-bond acceptors (Lipinski definition) is 7. The SMILES string of the molecule is CCN(CC)CCN(CC)Cc1cccc(C(=O)Oc2ccc(Cl)cc2Cn2nc(-c3ccc(C(F)(F)F)cc3)oc2=O)c1.Cl. The van der Waals surface area contributed by atoms with Crippen LogP contribution in [0.2, 0.25) is 5.02 Å². The molecular formula is C32H35Cl2F3N4O4. The van der Waals surface area contributed by atoms with E-state index in [9.17, 15) is 22.8 Å². The van der Waals surface area contributed by atoms with Crippen LogP contribution in [0.1, 0.15) is 47.8 Å². The lowest BCUT2D eigenvalue weighted by atomic mass is 10.1. The van der Waals surface area contributed by atoms with Crippen LogP contribution in [0, 0.1) is 0 Å². The Balaban J connectivity index is 0.00000552. The predicted octanol–water partition coefficient (Wildman–Crippen LogP) is 7.03. The molecule has 0 aliphatic carbocycles. The molecule has 45 heavy (non-hydrogen) atoms. The maximum Gasteiger partial charge on any atom is 0.437 e. The molecule has 0 spiro atoms. The van der Waals surface area contributed by atoms with E-state index in [4.69, 9.17) is 20.8 Å². The fourth-order valence-corrected chi connectivity index (χ4v) is 4.84. The van der Waals surface area contributed by atoms with E-state index in [1.807, 2.05) is 12.1 Å². The summed E-state index contributed by atoms with van der Waals surface area (Å²) in [6, 6.07) is 16.0. The summed E-state index contributed by atoms with van der Waals surface area (Å²) in [5, 5.41) is 4.46. The van der Waals surface area contributed by atoms with Gasteiger partial charge in [0.15, 0.2) is 0 Å². The molecule has 1 heterocycles. The van der Waals surface area contributed by atoms with Crippen LogP contribution < -0.4 is 10.5 Å². The van der Waals surface area contributed by atoms with Crippen LogP contribution >= 0.6 is 24.0 Å². The molecule has 4 aromatic rings. The van der Waals surface area contributed by atoms with Gasteiger partial charge in [0.25, 0.3) is 0 Å². The molecule has 242 valence electrons. The van der Waals surface area contributed by atoms with Crippen molar-refractivity contribution in [3.63, 3.8) is 0 Å². The van der Waals surface area contributed by atoms with Crippen LogP contribution in [-0.2, 0) is 19.3 Å². The predicted molar refractivity (Wildman–Crippen MR) is 169 cm³/mol. The van der Waals surface area contributed by atoms with E-state index in [-0.39, 0.29) is 36.2 Å². The number of ether oxygens (including phenoxy) is 1. The number of esters is 1. The third-order valence-corrected chi connectivity index (χ3v) is 7.49. The van der Waals surface area contributed by atoms with Crippen molar-refractivity contribution < 1.29 is 27.1 Å². The summed E-state index contributed by atoms with van der Waals surface area (Å²) < 4.78 is 50.7. The third-order valence-electron chi connectivity index (χ3n) is 7.25. The number of halogens is 5. The van der Waals surface area contributed by atoms with Gasteiger partial charge in [0.2, 0.25) is 5.89 Å². The van der Waals surface area contributed by atoms with Gasteiger partial charge in [0.05, 0.1) is 17.7 Å². The highest BCUT2D eigenvalue weighted by molar-refractivity contribution is 6.30. The standard InChI is InChI=1S/C32H34ClF3N4O4.ClH/c1-4-38(5-2)16-17-39(6-3)20-22-8-7-9-24(18-22)30(41)43-28-15-14-27(33)19-25(28)21-40-31(42)44-29(37-40)23-10-12-26(13-11-23)32(34,35)36;/h7-15,18-19H,4-6,16-17,20-21H2,1-3H3;1H. The topological polar surface area (TPSA) is 80.8 Å². The number of carbonyl (C=O) groups excluding carboxylic acids is 1. The quantitative estimate of drug-likeness (QED) is 0.112. The molecule has 0 aliphatic rings. The summed E-state index contributed by atoms with van der Waals surface area (Å²) >= 11 is 6.20. The largest absolute Gasteiger partial charge is 0.437 e. The van der Waals surface area contributed by atoms with E-state index >= 15 is 0 Å². The van der Waals surface area contributed by atoms with Crippen LogP contribution in [0.15, 0.2) is 75.9 Å². The summed E-state index contributed by atoms with van der Waals surface area (Å²) in [6.45, 7) is 11.6. The number of alkyl halides is 3. The molecule has 0 aliphatic heterocycles. The molecule has 0 atom stereocenters. The lowest BCUT2D eigenvalue weighted by molar-refractivity contribution is -0.137. The molecule has 0 bridgehead atoms. The molecule has 0 amide bonds. The van der Waals surface area contributed by atoms with Crippen molar-refractivity contribution in [3.05, 3.63) is 105 Å². The number of carbonyl (C=O) groups is 1. The lowest BCUT2D eigenvalue weighted by Gasteiger charge is -2.25. The van der Waals surface area contributed by atoms with E-state index in [0.717, 1.165) is 55.1 Å². The number of benzene rings is 3. The van der Waals surface area contributed by atoms with Gasteiger partial charge in [-0.3, -0.25) is 4.90 Å². The minimum absolute atomic E-state index is 0. The Morgan fingerprint density at radius 1 is 0.956 bits per heavy atom. The highest BCUT2D eigenvalue weighted by atomic mass is 35.5. The second-order valence-corrected chi connectivity index (χ2v) is 10.6. The molecule has 3 aromatic carbocycles. The highest BCUT2D eigenvalue weighted by Crippen LogP contribution is 2.31. The van der Waals surface area contributed by atoms with Crippen molar-refractivity contribution in [2.45, 2.75) is 40.0 Å². The molecule has 4 rings (SSSR count). The number of likely N-dealkylation sites (N-methyl/N-ethyl adjacent to an activating group) is 2. The minimum Gasteiger partial charge on any atom is -0.423 e. The van der Waals surface area contributed by atoms with Gasteiger partial charge < -0.3 is 14.1 Å². The minimum atomic E-state index is -4.50. The number of nitrogens with zero attached hydrogens (tertiary/aromatic N) is 4. The smallest absolute Gasteiger partial charge is 0.423 e. The lowest BCUT2D eigenvalue weighted by Crippen LogP contribution is -2.34. The summed E-state index contributed by atoms with van der Waals surface area (Å²) in [5.74, 6) is -1.41. The molecular weight excluding hydrogens is 632 g/mol. The highest BCUT2D eigenvalue weighted by Gasteiger charge is 2.30. The second kappa shape index (κ2) is 16.1. The van der Waals surface area contributed by atoms with Crippen LogP contribution in [0.5, 0.6) is 5.75 Å². The average molecular weight is 668 g/mol. The van der Waals surface area contributed by atoms with Gasteiger partial charge >= 0.3 is 17.9 Å². The molecule has 0 saturated heterocycles. The zero-order valence-corrected chi connectivity index (χ0v) is 26.7. The first kappa shape index (κ1) is 35.8. The number of rotatable bonds is 13. The summed E-state index contributed by atoms with van der Waals surface area (Å²) in [6.07, 6.45) is -4.50. The summed E-state index contributed by atoms with van der Waals surface area (Å²) in [7, 11) is 0.